The third-order valence-electron chi connectivity index (χ3n) is 6.92. The van der Waals surface area contributed by atoms with Gasteiger partial charge in [0.05, 0.1) is 11.6 Å². The molecule has 35 heavy (non-hydrogen) atoms. The summed E-state index contributed by atoms with van der Waals surface area (Å²) in [6.07, 6.45) is 3.60. The second-order valence-electron chi connectivity index (χ2n) is 9.20. The number of aromatic nitrogens is 3. The first-order valence-corrected chi connectivity index (χ1v) is 11.8. The molecule has 1 N–H and O–H groups in total. The van der Waals surface area contributed by atoms with Gasteiger partial charge in [-0.1, -0.05) is 6.07 Å². The lowest BCUT2D eigenvalue weighted by atomic mass is 10.1. The largest absolute Gasteiger partial charge is 0.339 e. The van der Waals surface area contributed by atoms with Gasteiger partial charge >= 0.3 is 0 Å². The fraction of sp³-hybridized carbons (Fsp3) is 0.346. The maximum Gasteiger partial charge on any atom is 0.272 e. The van der Waals surface area contributed by atoms with Crippen molar-refractivity contribution in [2.45, 2.75) is 20.3 Å². The minimum Gasteiger partial charge on any atom is -0.339 e. The number of aryl methyl sites for hydroxylation is 2. The highest BCUT2D eigenvalue weighted by atomic mass is 16.2. The average Bonchev–Trinajstić information content (AvgIpc) is 3.53. The molecule has 9 heteroatoms. The van der Waals surface area contributed by atoms with Crippen LogP contribution in [0, 0.1) is 19.8 Å². The van der Waals surface area contributed by atoms with Crippen molar-refractivity contribution in [3.8, 4) is 11.3 Å². The molecule has 2 saturated heterocycles. The Labute approximate surface area is 203 Å². The Morgan fingerprint density at radius 2 is 1.77 bits per heavy atom. The molecular weight excluding hydrogens is 444 g/mol. The second-order valence-corrected chi connectivity index (χ2v) is 9.20. The van der Waals surface area contributed by atoms with Gasteiger partial charge in [-0.05, 0) is 55.3 Å². The number of hydrogen-bond donors (Lipinski definition) is 1. The fourth-order valence-corrected chi connectivity index (χ4v) is 4.67. The quantitative estimate of drug-likeness (QED) is 0.628. The van der Waals surface area contributed by atoms with Crippen molar-refractivity contribution < 1.29 is 14.4 Å². The molecule has 9 nitrogen and oxygen atoms in total. The Morgan fingerprint density at radius 3 is 2.49 bits per heavy atom. The Bertz CT molecular complexity index is 1260. The van der Waals surface area contributed by atoms with E-state index in [-0.39, 0.29) is 30.1 Å². The van der Waals surface area contributed by atoms with Crippen molar-refractivity contribution in [1.29, 1.82) is 0 Å². The van der Waals surface area contributed by atoms with E-state index in [1.807, 2.05) is 44.2 Å². The van der Waals surface area contributed by atoms with Crippen LogP contribution in [0.1, 0.15) is 28.0 Å². The Balaban J connectivity index is 1.18. The van der Waals surface area contributed by atoms with Gasteiger partial charge in [0, 0.05) is 62.8 Å². The van der Waals surface area contributed by atoms with Gasteiger partial charge in [0.2, 0.25) is 11.8 Å². The molecule has 0 spiro atoms. The number of amides is 3. The summed E-state index contributed by atoms with van der Waals surface area (Å²) in [5.74, 6) is -0.543. The fourth-order valence-electron chi connectivity index (χ4n) is 4.67. The minimum absolute atomic E-state index is 0.0165. The molecule has 5 rings (SSSR count). The van der Waals surface area contributed by atoms with E-state index in [0.29, 0.717) is 44.1 Å². The normalized spacial score (nSPS) is 18.3. The van der Waals surface area contributed by atoms with Crippen molar-refractivity contribution in [3.05, 3.63) is 65.6 Å². The summed E-state index contributed by atoms with van der Waals surface area (Å²) >= 11 is 0. The van der Waals surface area contributed by atoms with E-state index in [0.717, 1.165) is 16.8 Å². The molecule has 3 aromatic rings. The summed E-state index contributed by atoms with van der Waals surface area (Å²) in [6, 6.07) is 11.4. The minimum atomic E-state index is -0.360. The van der Waals surface area contributed by atoms with Gasteiger partial charge < -0.3 is 14.7 Å². The molecule has 0 aliphatic carbocycles. The van der Waals surface area contributed by atoms with Gasteiger partial charge in [-0.15, -0.1) is 0 Å². The van der Waals surface area contributed by atoms with E-state index < -0.39 is 0 Å². The zero-order valence-corrected chi connectivity index (χ0v) is 19.9. The summed E-state index contributed by atoms with van der Waals surface area (Å²) in [5, 5.41) is 7.05. The predicted molar refractivity (Wildman–Crippen MR) is 131 cm³/mol. The van der Waals surface area contributed by atoms with Gasteiger partial charge in [-0.2, -0.15) is 5.10 Å². The molecule has 1 atom stereocenters. The first kappa shape index (κ1) is 22.8. The number of piperazine rings is 1. The average molecular weight is 473 g/mol. The SMILES string of the molecule is Cc1ccc(N2C[C@@H](C(=O)N3CCN(C(=O)c4cc(-c5cccnc5)n[nH]4)CC3)CC2=O)cc1C. The number of aromatic amines is 1. The molecule has 0 unspecified atom stereocenters. The summed E-state index contributed by atoms with van der Waals surface area (Å²) < 4.78 is 0. The van der Waals surface area contributed by atoms with Crippen LogP contribution in [0.4, 0.5) is 5.69 Å². The number of hydrogen-bond acceptors (Lipinski definition) is 5. The van der Waals surface area contributed by atoms with E-state index in [1.54, 1.807) is 33.2 Å². The summed E-state index contributed by atoms with van der Waals surface area (Å²) in [5.41, 5.74) is 5.04. The standard InChI is InChI=1S/C26H28N6O3/c1-17-5-6-21(12-18(17)2)32-16-20(13-24(32)33)25(34)30-8-10-31(11-9-30)26(35)23-14-22(28-29-23)19-4-3-7-27-15-19/h3-7,12,14-15,20H,8-11,13,16H2,1-2H3,(H,28,29)/t20-/m0/s1. The van der Waals surface area contributed by atoms with E-state index in [2.05, 4.69) is 15.2 Å². The van der Waals surface area contributed by atoms with Crippen LogP contribution in [0.2, 0.25) is 0 Å². The maximum absolute atomic E-state index is 13.2. The molecule has 0 bridgehead atoms. The topological polar surface area (TPSA) is 102 Å². The van der Waals surface area contributed by atoms with E-state index in [9.17, 15) is 14.4 Å². The van der Waals surface area contributed by atoms with Gasteiger partial charge in [-0.25, -0.2) is 0 Å². The number of anilines is 1. The number of carbonyl (C=O) groups excluding carboxylic acids is 3. The van der Waals surface area contributed by atoms with Crippen molar-refractivity contribution in [1.82, 2.24) is 25.0 Å². The van der Waals surface area contributed by atoms with Crippen LogP contribution < -0.4 is 4.90 Å². The third-order valence-corrected chi connectivity index (χ3v) is 6.92. The molecule has 1 aromatic carbocycles. The molecule has 2 fully saturated rings. The molecule has 180 valence electrons. The predicted octanol–water partition coefficient (Wildman–Crippen LogP) is 2.43. The first-order chi connectivity index (χ1) is 16.9. The highest BCUT2D eigenvalue weighted by Crippen LogP contribution is 2.28. The molecule has 0 saturated carbocycles. The monoisotopic (exact) mass is 472 g/mol. The van der Waals surface area contributed by atoms with E-state index in [4.69, 9.17) is 0 Å². The van der Waals surface area contributed by atoms with Gasteiger partial charge in [0.15, 0.2) is 0 Å². The first-order valence-electron chi connectivity index (χ1n) is 11.8. The van der Waals surface area contributed by atoms with Gasteiger partial charge in [0.25, 0.3) is 5.91 Å². The summed E-state index contributed by atoms with van der Waals surface area (Å²) in [4.78, 5) is 48.1. The number of nitrogens with zero attached hydrogens (tertiary/aromatic N) is 5. The number of pyridine rings is 1. The Kier molecular flexibility index (Phi) is 6.07. The lowest BCUT2D eigenvalue weighted by molar-refractivity contribution is -0.137. The van der Waals surface area contributed by atoms with E-state index >= 15 is 0 Å². The number of rotatable bonds is 4. The number of H-pyrrole nitrogens is 1. The molecule has 4 heterocycles. The number of carbonyl (C=O) groups is 3. The highest BCUT2D eigenvalue weighted by molar-refractivity contribution is 6.00. The van der Waals surface area contributed by atoms with Crippen LogP contribution in [0.15, 0.2) is 48.8 Å². The number of benzene rings is 1. The lowest BCUT2D eigenvalue weighted by Gasteiger charge is -2.35. The Hall–Kier alpha value is -4.01. The number of nitrogens with one attached hydrogen (secondary N) is 1. The van der Waals surface area contributed by atoms with Crippen molar-refractivity contribution in [2.75, 3.05) is 37.6 Å². The highest BCUT2D eigenvalue weighted by Gasteiger charge is 2.38. The van der Waals surface area contributed by atoms with Crippen molar-refractivity contribution >= 4 is 23.4 Å². The van der Waals surface area contributed by atoms with Gasteiger partial charge in [-0.3, -0.25) is 24.5 Å². The van der Waals surface area contributed by atoms with Crippen LogP contribution in [0.5, 0.6) is 0 Å². The van der Waals surface area contributed by atoms with Crippen LogP contribution in [0.25, 0.3) is 11.3 Å². The molecule has 2 aliphatic rings. The van der Waals surface area contributed by atoms with Crippen molar-refractivity contribution in [3.63, 3.8) is 0 Å². The molecular formula is C26H28N6O3. The van der Waals surface area contributed by atoms with Gasteiger partial charge in [0.1, 0.15) is 5.69 Å². The van der Waals surface area contributed by atoms with Crippen LogP contribution in [-0.4, -0.2) is 75.4 Å². The van der Waals surface area contributed by atoms with Crippen LogP contribution in [0.3, 0.4) is 0 Å². The molecule has 2 aliphatic heterocycles. The molecule has 2 aromatic heterocycles. The van der Waals surface area contributed by atoms with Crippen molar-refractivity contribution in [2.24, 2.45) is 5.92 Å². The molecule has 0 radical (unpaired) electrons. The smallest absolute Gasteiger partial charge is 0.272 e. The third kappa shape index (κ3) is 4.53. The summed E-state index contributed by atoms with van der Waals surface area (Å²) in [6.45, 7) is 6.22. The summed E-state index contributed by atoms with van der Waals surface area (Å²) in [7, 11) is 0. The van der Waals surface area contributed by atoms with Crippen LogP contribution >= 0.6 is 0 Å². The van der Waals surface area contributed by atoms with Crippen LogP contribution in [-0.2, 0) is 9.59 Å². The zero-order valence-electron chi connectivity index (χ0n) is 19.9. The lowest BCUT2D eigenvalue weighted by Crippen LogP contribution is -2.52. The molecule has 3 amide bonds. The zero-order chi connectivity index (χ0) is 24.5. The Morgan fingerprint density at radius 1 is 1.00 bits per heavy atom. The second kappa shape index (κ2) is 9.32. The van der Waals surface area contributed by atoms with E-state index in [1.165, 1.54) is 5.56 Å². The maximum atomic E-state index is 13.2.